The lowest BCUT2D eigenvalue weighted by Crippen LogP contribution is -2.46. The third kappa shape index (κ3) is 6.77. The number of fused-ring (bicyclic) bond motifs is 1. The molecule has 1 heterocycles. The first-order valence-electron chi connectivity index (χ1n) is 14.7. The van der Waals surface area contributed by atoms with Gasteiger partial charge >= 0.3 is 0 Å². The summed E-state index contributed by atoms with van der Waals surface area (Å²) in [6.07, 6.45) is 0. The highest BCUT2D eigenvalue weighted by atomic mass is 19.1. The van der Waals surface area contributed by atoms with E-state index in [1.54, 1.807) is 48.5 Å². The molecular weight excluding hydrogens is 571 g/mol. The van der Waals surface area contributed by atoms with E-state index in [1.165, 1.54) is 17.0 Å². The first-order chi connectivity index (χ1) is 21.5. The Bertz CT molecular complexity index is 1720. The van der Waals surface area contributed by atoms with Gasteiger partial charge in [-0.2, -0.15) is 0 Å². The Morgan fingerprint density at radius 2 is 1.44 bits per heavy atom. The molecule has 1 aliphatic heterocycles. The van der Waals surface area contributed by atoms with E-state index in [4.69, 9.17) is 0 Å². The number of anilines is 3. The summed E-state index contributed by atoms with van der Waals surface area (Å²) in [7, 11) is 3.83. The third-order valence-corrected chi connectivity index (χ3v) is 7.89. The van der Waals surface area contributed by atoms with Crippen molar-refractivity contribution < 1.29 is 23.6 Å². The predicted octanol–water partition coefficient (Wildman–Crippen LogP) is 5.95. The molecule has 0 spiro atoms. The van der Waals surface area contributed by atoms with E-state index < -0.39 is 41.9 Å². The summed E-state index contributed by atoms with van der Waals surface area (Å²) in [5, 5.41) is 2.95. The lowest BCUT2D eigenvalue weighted by Gasteiger charge is -2.33. The van der Waals surface area contributed by atoms with Crippen LogP contribution in [0.4, 0.5) is 21.5 Å². The van der Waals surface area contributed by atoms with Crippen molar-refractivity contribution >= 4 is 40.6 Å². The SMILES string of the molecule is CC(C)c1ccc(C(C(=O)Nc2ccc(N(C)C)cc2)N(Cc2ccc(F)cc2)C(=O)CN2C(=O)C(=O)c3ccccc32)cc1. The van der Waals surface area contributed by atoms with Crippen LogP contribution in [0.3, 0.4) is 0 Å². The number of para-hydroxylation sites is 1. The van der Waals surface area contributed by atoms with E-state index in [-0.39, 0.29) is 18.0 Å². The normalized spacial score (nSPS) is 13.1. The Kier molecular flexibility index (Phi) is 9.08. The van der Waals surface area contributed by atoms with Gasteiger partial charge in [-0.25, -0.2) is 4.39 Å². The number of rotatable bonds is 10. The largest absolute Gasteiger partial charge is 0.378 e. The van der Waals surface area contributed by atoms with Crippen LogP contribution in [0.25, 0.3) is 0 Å². The van der Waals surface area contributed by atoms with E-state index >= 15 is 0 Å². The van der Waals surface area contributed by atoms with Gasteiger partial charge in [-0.1, -0.05) is 62.4 Å². The lowest BCUT2D eigenvalue weighted by molar-refractivity contribution is -0.139. The Labute approximate surface area is 262 Å². The third-order valence-electron chi connectivity index (χ3n) is 7.89. The van der Waals surface area contributed by atoms with E-state index in [0.717, 1.165) is 16.2 Å². The molecule has 9 heteroatoms. The fourth-order valence-electron chi connectivity index (χ4n) is 5.33. The highest BCUT2D eigenvalue weighted by molar-refractivity contribution is 6.52. The molecule has 0 saturated carbocycles. The van der Waals surface area contributed by atoms with Crippen molar-refractivity contribution in [1.82, 2.24) is 4.90 Å². The van der Waals surface area contributed by atoms with Crippen molar-refractivity contribution in [1.29, 1.82) is 0 Å². The van der Waals surface area contributed by atoms with Crippen LogP contribution in [0.1, 0.15) is 52.9 Å². The summed E-state index contributed by atoms with van der Waals surface area (Å²) in [4.78, 5) is 58.6. The smallest absolute Gasteiger partial charge is 0.299 e. The van der Waals surface area contributed by atoms with Crippen LogP contribution < -0.4 is 15.1 Å². The molecule has 0 fully saturated rings. The number of hydrogen-bond donors (Lipinski definition) is 1. The molecule has 5 rings (SSSR count). The summed E-state index contributed by atoms with van der Waals surface area (Å²) in [5.41, 5.74) is 4.25. The molecule has 4 aromatic carbocycles. The number of carbonyl (C=O) groups is 4. The Morgan fingerprint density at radius 1 is 0.822 bits per heavy atom. The predicted molar refractivity (Wildman–Crippen MR) is 173 cm³/mol. The summed E-state index contributed by atoms with van der Waals surface area (Å²) >= 11 is 0. The maximum absolute atomic E-state index is 14.3. The molecule has 0 aliphatic carbocycles. The standard InChI is InChI=1S/C36H35FN4O4/c1-23(2)25-11-13-26(14-12-25)33(35(44)38-28-17-19-29(20-18-28)39(3)4)41(21-24-9-15-27(37)16-10-24)32(42)22-40-31-8-6-5-7-30(31)34(43)36(40)45/h5-20,23,33H,21-22H2,1-4H3,(H,38,44). The lowest BCUT2D eigenvalue weighted by atomic mass is 9.97. The molecule has 8 nitrogen and oxygen atoms in total. The number of halogens is 1. The summed E-state index contributed by atoms with van der Waals surface area (Å²) in [5.74, 6) is -2.72. The van der Waals surface area contributed by atoms with Gasteiger partial charge in [0.1, 0.15) is 18.4 Å². The fraction of sp³-hybridized carbons (Fsp3) is 0.222. The van der Waals surface area contributed by atoms with Crippen LogP contribution in [-0.2, 0) is 20.9 Å². The minimum Gasteiger partial charge on any atom is -0.378 e. The molecule has 230 valence electrons. The average Bonchev–Trinajstić information content (AvgIpc) is 3.27. The van der Waals surface area contributed by atoms with E-state index in [9.17, 15) is 23.6 Å². The fourth-order valence-corrected chi connectivity index (χ4v) is 5.33. The van der Waals surface area contributed by atoms with Gasteiger partial charge in [-0.15, -0.1) is 0 Å². The van der Waals surface area contributed by atoms with Crippen molar-refractivity contribution in [3.63, 3.8) is 0 Å². The number of amides is 3. The van der Waals surface area contributed by atoms with E-state index in [0.29, 0.717) is 22.5 Å². The van der Waals surface area contributed by atoms with Crippen LogP contribution in [-0.4, -0.2) is 49.0 Å². The monoisotopic (exact) mass is 606 g/mol. The Balaban J connectivity index is 1.55. The first kappa shape index (κ1) is 31.1. The molecule has 0 radical (unpaired) electrons. The van der Waals surface area contributed by atoms with Crippen molar-refractivity contribution in [3.8, 4) is 0 Å². The Hall–Kier alpha value is -5.31. The van der Waals surface area contributed by atoms with Gasteiger partial charge in [0.2, 0.25) is 5.91 Å². The molecule has 3 amide bonds. The molecular formula is C36H35FN4O4. The number of ketones is 1. The van der Waals surface area contributed by atoms with Crippen molar-refractivity contribution in [2.24, 2.45) is 0 Å². The molecule has 1 aliphatic rings. The summed E-state index contributed by atoms with van der Waals surface area (Å²) < 4.78 is 13.8. The van der Waals surface area contributed by atoms with Gasteiger partial charge in [0.05, 0.1) is 11.3 Å². The maximum atomic E-state index is 14.3. The second-order valence-corrected chi connectivity index (χ2v) is 11.5. The molecule has 0 saturated heterocycles. The average molecular weight is 607 g/mol. The summed E-state index contributed by atoms with van der Waals surface area (Å²) in [6, 6.07) is 25.8. The van der Waals surface area contributed by atoms with Crippen LogP contribution in [0.15, 0.2) is 97.1 Å². The molecule has 1 unspecified atom stereocenters. The highest BCUT2D eigenvalue weighted by Crippen LogP contribution is 2.31. The zero-order chi connectivity index (χ0) is 32.2. The number of nitrogens with zero attached hydrogens (tertiary/aromatic N) is 3. The van der Waals surface area contributed by atoms with Crippen LogP contribution in [0.2, 0.25) is 0 Å². The second-order valence-electron chi connectivity index (χ2n) is 11.5. The number of Topliss-reactive ketones (excluding diaryl/α,β-unsaturated/α-hetero) is 1. The van der Waals surface area contributed by atoms with E-state index in [2.05, 4.69) is 19.2 Å². The van der Waals surface area contributed by atoms with Crippen molar-refractivity contribution in [3.05, 3.63) is 125 Å². The molecule has 0 bridgehead atoms. The Morgan fingerprint density at radius 3 is 2.07 bits per heavy atom. The van der Waals surface area contributed by atoms with Crippen LogP contribution in [0.5, 0.6) is 0 Å². The van der Waals surface area contributed by atoms with Crippen molar-refractivity contribution in [2.45, 2.75) is 32.4 Å². The molecule has 1 atom stereocenters. The van der Waals surface area contributed by atoms with Gasteiger partial charge in [-0.3, -0.25) is 24.1 Å². The summed E-state index contributed by atoms with van der Waals surface area (Å²) in [6.45, 7) is 3.61. The molecule has 0 aromatic heterocycles. The first-order valence-corrected chi connectivity index (χ1v) is 14.7. The van der Waals surface area contributed by atoms with Crippen LogP contribution >= 0.6 is 0 Å². The number of nitrogens with one attached hydrogen (secondary N) is 1. The molecule has 1 N–H and O–H groups in total. The zero-order valence-electron chi connectivity index (χ0n) is 25.7. The maximum Gasteiger partial charge on any atom is 0.299 e. The van der Waals surface area contributed by atoms with Crippen LogP contribution in [0, 0.1) is 5.82 Å². The number of benzene rings is 4. The van der Waals surface area contributed by atoms with Gasteiger partial charge in [0.25, 0.3) is 17.6 Å². The molecule has 45 heavy (non-hydrogen) atoms. The van der Waals surface area contributed by atoms with Gasteiger partial charge in [-0.05, 0) is 71.1 Å². The zero-order valence-corrected chi connectivity index (χ0v) is 25.7. The highest BCUT2D eigenvalue weighted by Gasteiger charge is 2.39. The van der Waals surface area contributed by atoms with E-state index in [1.807, 2.05) is 55.4 Å². The van der Waals surface area contributed by atoms with Gasteiger partial charge in [0, 0.05) is 32.0 Å². The number of carbonyl (C=O) groups excluding carboxylic acids is 4. The minimum atomic E-state index is -1.12. The minimum absolute atomic E-state index is 0.0552. The number of hydrogen-bond acceptors (Lipinski definition) is 5. The van der Waals surface area contributed by atoms with Gasteiger partial charge in [0.15, 0.2) is 0 Å². The topological polar surface area (TPSA) is 90.0 Å². The van der Waals surface area contributed by atoms with Crippen molar-refractivity contribution in [2.75, 3.05) is 35.8 Å². The second kappa shape index (κ2) is 13.1. The molecule has 4 aromatic rings. The van der Waals surface area contributed by atoms with Gasteiger partial charge < -0.3 is 15.1 Å². The quantitative estimate of drug-likeness (QED) is 0.225.